The van der Waals surface area contributed by atoms with E-state index in [4.69, 9.17) is 16.3 Å². The van der Waals surface area contributed by atoms with Gasteiger partial charge in [0.15, 0.2) is 11.4 Å². The van der Waals surface area contributed by atoms with Crippen LogP contribution in [0, 0.1) is 6.92 Å². The maximum atomic E-state index is 13.6. The van der Waals surface area contributed by atoms with E-state index in [0.29, 0.717) is 27.7 Å². The van der Waals surface area contributed by atoms with Crippen LogP contribution in [-0.4, -0.2) is 33.7 Å². The molecule has 0 radical (unpaired) electrons. The number of hydrogen-bond donors (Lipinski definition) is 1. The zero-order chi connectivity index (χ0) is 25.1. The molecule has 0 aliphatic carbocycles. The molecule has 0 saturated carbocycles. The number of carbonyl (C=O) groups excluding carboxylic acids is 1. The minimum Gasteiger partial charge on any atom is -0.453 e. The van der Waals surface area contributed by atoms with Crippen LogP contribution in [0.2, 0.25) is 5.02 Å². The molecule has 0 spiro atoms. The maximum Gasteiger partial charge on any atom is 0.299 e. The summed E-state index contributed by atoms with van der Waals surface area (Å²) in [5.74, 6) is 0.830. The van der Waals surface area contributed by atoms with Crippen molar-refractivity contribution in [2.75, 3.05) is 18.4 Å². The van der Waals surface area contributed by atoms with Gasteiger partial charge in [-0.3, -0.25) is 9.59 Å². The number of carbonyl (C=O) groups is 1. The van der Waals surface area contributed by atoms with Gasteiger partial charge >= 0.3 is 0 Å². The smallest absolute Gasteiger partial charge is 0.299 e. The Morgan fingerprint density at radius 3 is 2.56 bits per heavy atom. The second-order valence-electron chi connectivity index (χ2n) is 8.70. The minimum absolute atomic E-state index is 0.0153. The van der Waals surface area contributed by atoms with Crippen LogP contribution in [0.25, 0.3) is 5.69 Å². The van der Waals surface area contributed by atoms with Gasteiger partial charge in [-0.15, -0.1) is 0 Å². The zero-order valence-corrected chi connectivity index (χ0v) is 20.5. The number of hydrogen-bond acceptors (Lipinski definition) is 5. The van der Waals surface area contributed by atoms with Gasteiger partial charge in [0.2, 0.25) is 0 Å². The Morgan fingerprint density at radius 1 is 1.00 bits per heavy atom. The summed E-state index contributed by atoms with van der Waals surface area (Å²) in [5.41, 5.74) is 2.48. The highest BCUT2D eigenvalue weighted by Crippen LogP contribution is 2.30. The molecule has 3 aromatic carbocycles. The van der Waals surface area contributed by atoms with Crippen LogP contribution in [-0.2, 0) is 0 Å². The molecule has 4 aromatic rings. The summed E-state index contributed by atoms with van der Waals surface area (Å²) < 4.78 is 7.34. The molecule has 8 heteroatoms. The summed E-state index contributed by atoms with van der Waals surface area (Å²) in [4.78, 5) is 28.4. The van der Waals surface area contributed by atoms with Gasteiger partial charge < -0.3 is 15.0 Å². The summed E-state index contributed by atoms with van der Waals surface area (Å²) in [6.45, 7) is 3.49. The quantitative estimate of drug-likeness (QED) is 0.353. The Bertz CT molecular complexity index is 1480. The highest BCUT2D eigenvalue weighted by molar-refractivity contribution is 6.30. The molecule has 1 aromatic heterocycles. The van der Waals surface area contributed by atoms with Gasteiger partial charge in [-0.25, -0.2) is 0 Å². The third-order valence-corrected chi connectivity index (χ3v) is 6.22. The van der Waals surface area contributed by atoms with Crippen molar-refractivity contribution in [3.63, 3.8) is 0 Å². The van der Waals surface area contributed by atoms with Crippen molar-refractivity contribution in [3.8, 4) is 17.2 Å². The number of anilines is 2. The van der Waals surface area contributed by atoms with E-state index in [9.17, 15) is 9.59 Å². The lowest BCUT2D eigenvalue weighted by atomic mass is 10.1. The number of likely N-dealkylation sites (tertiary alicyclic amines) is 1. The molecule has 7 nitrogen and oxygen atoms in total. The second-order valence-corrected chi connectivity index (χ2v) is 9.14. The SMILES string of the molecule is Cc1cccc(Oc2cnn(-c3cccc(Cl)c3)c(=O)c2Nc2cccc(C(=O)N3CCCC3)c2)c1. The maximum absolute atomic E-state index is 13.6. The molecular weight excluding hydrogens is 476 g/mol. The van der Waals surface area contributed by atoms with E-state index in [1.165, 1.54) is 10.9 Å². The van der Waals surface area contributed by atoms with Crippen molar-refractivity contribution in [1.29, 1.82) is 0 Å². The molecular formula is C28H25ClN4O3. The van der Waals surface area contributed by atoms with Crippen molar-refractivity contribution in [2.45, 2.75) is 19.8 Å². The summed E-state index contributed by atoms with van der Waals surface area (Å²) in [6, 6.07) is 21.6. The Hall–Kier alpha value is -4.10. The number of aryl methyl sites for hydroxylation is 1. The number of nitrogens with zero attached hydrogens (tertiary/aromatic N) is 3. The largest absolute Gasteiger partial charge is 0.453 e. The van der Waals surface area contributed by atoms with Crippen molar-refractivity contribution in [3.05, 3.63) is 105 Å². The number of ether oxygens (including phenoxy) is 1. The highest BCUT2D eigenvalue weighted by atomic mass is 35.5. The second kappa shape index (κ2) is 10.3. The fourth-order valence-electron chi connectivity index (χ4n) is 4.21. The van der Waals surface area contributed by atoms with Gasteiger partial charge in [0.25, 0.3) is 11.5 Å². The number of halogens is 1. The van der Waals surface area contributed by atoms with E-state index in [1.807, 2.05) is 36.1 Å². The van der Waals surface area contributed by atoms with Gasteiger partial charge in [0.1, 0.15) is 5.75 Å². The fraction of sp³-hybridized carbons (Fsp3) is 0.179. The highest BCUT2D eigenvalue weighted by Gasteiger charge is 2.20. The standard InChI is InChI=1S/C28H25ClN4O3/c1-19-7-4-12-24(15-19)36-25-18-30-33(23-11-6-9-21(29)17-23)28(35)26(25)31-22-10-5-8-20(16-22)27(34)32-13-2-3-14-32/h4-12,15-18,31H,2-3,13-14H2,1H3. The summed E-state index contributed by atoms with van der Waals surface area (Å²) in [6.07, 6.45) is 3.53. The third-order valence-electron chi connectivity index (χ3n) is 5.99. The minimum atomic E-state index is -0.418. The van der Waals surface area contributed by atoms with Crippen LogP contribution in [0.15, 0.2) is 83.8 Å². The first-order valence-corrected chi connectivity index (χ1v) is 12.1. The average Bonchev–Trinajstić information content (AvgIpc) is 3.41. The topological polar surface area (TPSA) is 76.5 Å². The molecule has 1 aliphatic rings. The molecule has 0 bridgehead atoms. The number of rotatable bonds is 6. The van der Waals surface area contributed by atoms with Gasteiger partial charge in [-0.05, 0) is 73.9 Å². The fourth-order valence-corrected chi connectivity index (χ4v) is 4.39. The Balaban J connectivity index is 1.55. The lowest BCUT2D eigenvalue weighted by molar-refractivity contribution is 0.0793. The molecule has 1 saturated heterocycles. The van der Waals surface area contributed by atoms with E-state index >= 15 is 0 Å². The first-order valence-electron chi connectivity index (χ1n) is 11.8. The monoisotopic (exact) mass is 500 g/mol. The summed E-state index contributed by atoms with van der Waals surface area (Å²) in [5, 5.41) is 8.00. The summed E-state index contributed by atoms with van der Waals surface area (Å²) in [7, 11) is 0. The van der Waals surface area contributed by atoms with E-state index in [2.05, 4.69) is 10.4 Å². The first kappa shape index (κ1) is 23.6. The normalized spacial score (nSPS) is 13.0. The Kier molecular flexibility index (Phi) is 6.73. The van der Waals surface area contributed by atoms with E-state index in [1.54, 1.807) is 48.5 Å². The average molecular weight is 501 g/mol. The zero-order valence-electron chi connectivity index (χ0n) is 19.8. The van der Waals surface area contributed by atoms with Crippen LogP contribution in [0.4, 0.5) is 11.4 Å². The predicted octanol–water partition coefficient (Wildman–Crippen LogP) is 5.97. The molecule has 0 atom stereocenters. The van der Waals surface area contributed by atoms with Crippen LogP contribution >= 0.6 is 11.6 Å². The van der Waals surface area contributed by atoms with Crippen molar-refractivity contribution in [1.82, 2.24) is 14.7 Å². The Morgan fingerprint density at radius 2 is 1.78 bits per heavy atom. The first-order chi connectivity index (χ1) is 17.5. The molecule has 2 heterocycles. The molecule has 5 rings (SSSR count). The van der Waals surface area contributed by atoms with E-state index in [-0.39, 0.29) is 17.3 Å². The molecule has 1 N–H and O–H groups in total. The predicted molar refractivity (Wildman–Crippen MR) is 141 cm³/mol. The van der Waals surface area contributed by atoms with Crippen LogP contribution in [0.3, 0.4) is 0 Å². The molecule has 1 aliphatic heterocycles. The number of amides is 1. The van der Waals surface area contributed by atoms with Crippen LogP contribution < -0.4 is 15.6 Å². The van der Waals surface area contributed by atoms with Crippen LogP contribution in [0.1, 0.15) is 28.8 Å². The Labute approximate surface area is 213 Å². The number of benzene rings is 3. The molecule has 182 valence electrons. The van der Waals surface area contributed by atoms with E-state index < -0.39 is 5.56 Å². The van der Waals surface area contributed by atoms with E-state index in [0.717, 1.165) is 31.5 Å². The van der Waals surface area contributed by atoms with Gasteiger partial charge in [0.05, 0.1) is 11.9 Å². The molecule has 1 fully saturated rings. The molecule has 1 amide bonds. The van der Waals surface area contributed by atoms with Gasteiger partial charge in [-0.1, -0.05) is 35.9 Å². The van der Waals surface area contributed by atoms with Crippen molar-refractivity contribution >= 4 is 28.9 Å². The molecule has 0 unspecified atom stereocenters. The van der Waals surface area contributed by atoms with Crippen molar-refractivity contribution < 1.29 is 9.53 Å². The lowest BCUT2D eigenvalue weighted by Crippen LogP contribution is -2.27. The van der Waals surface area contributed by atoms with Crippen LogP contribution in [0.5, 0.6) is 11.5 Å². The lowest BCUT2D eigenvalue weighted by Gasteiger charge is -2.17. The number of aromatic nitrogens is 2. The summed E-state index contributed by atoms with van der Waals surface area (Å²) >= 11 is 6.15. The number of nitrogens with one attached hydrogen (secondary N) is 1. The van der Waals surface area contributed by atoms with Gasteiger partial charge in [0, 0.05) is 29.4 Å². The molecule has 36 heavy (non-hydrogen) atoms. The van der Waals surface area contributed by atoms with Gasteiger partial charge in [-0.2, -0.15) is 9.78 Å². The third kappa shape index (κ3) is 5.11. The van der Waals surface area contributed by atoms with Crippen molar-refractivity contribution in [2.24, 2.45) is 0 Å².